The number of likely N-dealkylation sites (tertiary alicyclic amines) is 1. The molecule has 1 N–H and O–H groups in total. The number of rotatable bonds is 4. The van der Waals surface area contributed by atoms with Crippen molar-refractivity contribution in [3.05, 3.63) is 23.5 Å². The predicted octanol–water partition coefficient (Wildman–Crippen LogP) is 2.01. The summed E-state index contributed by atoms with van der Waals surface area (Å²) in [4.78, 5) is 9.13. The Morgan fingerprint density at radius 3 is 2.95 bits per heavy atom. The van der Waals surface area contributed by atoms with Crippen LogP contribution in [-0.4, -0.2) is 53.1 Å². The average Bonchev–Trinajstić information content (AvgIpc) is 2.37. The van der Waals surface area contributed by atoms with Crippen LogP contribution < -0.4 is 0 Å². The first-order valence-electron chi connectivity index (χ1n) is 7.10. The van der Waals surface area contributed by atoms with Crippen molar-refractivity contribution >= 4 is 0 Å². The van der Waals surface area contributed by atoms with E-state index < -0.39 is 0 Å². The molecular weight excluding hydrogens is 238 g/mol. The van der Waals surface area contributed by atoms with Gasteiger partial charge in [0.05, 0.1) is 5.69 Å². The minimum atomic E-state index is 0.300. The van der Waals surface area contributed by atoms with E-state index in [4.69, 9.17) is 0 Å². The first-order valence-corrected chi connectivity index (χ1v) is 7.10. The fourth-order valence-corrected chi connectivity index (χ4v) is 2.77. The maximum absolute atomic E-state index is 9.84. The second-order valence-electron chi connectivity index (χ2n) is 5.75. The second kappa shape index (κ2) is 6.35. The minimum absolute atomic E-state index is 0.300. The Labute approximate surface area is 116 Å². The molecule has 0 unspecified atom stereocenters. The van der Waals surface area contributed by atoms with E-state index in [1.807, 2.05) is 13.0 Å². The van der Waals surface area contributed by atoms with Crippen LogP contribution in [-0.2, 0) is 6.54 Å². The smallest absolute Gasteiger partial charge is 0.138 e. The highest BCUT2D eigenvalue weighted by molar-refractivity contribution is 5.27. The lowest BCUT2D eigenvalue weighted by Gasteiger charge is -2.35. The molecule has 1 aromatic rings. The number of piperidine rings is 1. The Hall–Kier alpha value is -1.13. The number of pyridine rings is 1. The summed E-state index contributed by atoms with van der Waals surface area (Å²) >= 11 is 0. The van der Waals surface area contributed by atoms with Crippen molar-refractivity contribution in [2.24, 2.45) is 0 Å². The molecule has 4 nitrogen and oxygen atoms in total. The van der Waals surface area contributed by atoms with Gasteiger partial charge < -0.3 is 10.0 Å². The molecular formula is C15H25N3O. The Morgan fingerprint density at radius 2 is 2.21 bits per heavy atom. The van der Waals surface area contributed by atoms with Gasteiger partial charge in [-0.15, -0.1) is 0 Å². The van der Waals surface area contributed by atoms with Gasteiger partial charge in [0, 0.05) is 24.8 Å². The Morgan fingerprint density at radius 1 is 1.42 bits per heavy atom. The maximum Gasteiger partial charge on any atom is 0.138 e. The summed E-state index contributed by atoms with van der Waals surface area (Å²) in [6.07, 6.45) is 3.92. The van der Waals surface area contributed by atoms with Crippen LogP contribution in [0.4, 0.5) is 0 Å². The fourth-order valence-electron chi connectivity index (χ4n) is 2.77. The second-order valence-corrected chi connectivity index (χ2v) is 5.75. The van der Waals surface area contributed by atoms with E-state index in [0.29, 0.717) is 18.3 Å². The van der Waals surface area contributed by atoms with Crippen molar-refractivity contribution in [2.45, 2.75) is 38.8 Å². The van der Waals surface area contributed by atoms with Gasteiger partial charge in [-0.25, -0.2) is 0 Å². The number of nitrogens with zero attached hydrogens (tertiary/aromatic N) is 3. The molecule has 1 aromatic heterocycles. The highest BCUT2D eigenvalue weighted by atomic mass is 16.3. The number of likely N-dealkylation sites (N-methyl/N-ethyl adjacent to an activating group) is 2. The third-order valence-corrected chi connectivity index (χ3v) is 3.95. The summed E-state index contributed by atoms with van der Waals surface area (Å²) < 4.78 is 0. The number of hydrogen-bond donors (Lipinski definition) is 1. The lowest BCUT2D eigenvalue weighted by Crippen LogP contribution is -2.43. The lowest BCUT2D eigenvalue weighted by molar-refractivity contribution is 0.137. The van der Waals surface area contributed by atoms with Gasteiger partial charge in [0.15, 0.2) is 0 Å². The van der Waals surface area contributed by atoms with Crippen LogP contribution in [0.3, 0.4) is 0 Å². The molecule has 0 bridgehead atoms. The van der Waals surface area contributed by atoms with Crippen molar-refractivity contribution in [3.63, 3.8) is 0 Å². The van der Waals surface area contributed by atoms with E-state index in [1.54, 1.807) is 6.07 Å². The van der Waals surface area contributed by atoms with Crippen molar-refractivity contribution in [3.8, 4) is 5.75 Å². The van der Waals surface area contributed by atoms with Gasteiger partial charge in [-0.05, 0) is 52.5 Å². The molecule has 0 saturated carbocycles. The molecule has 0 radical (unpaired) electrons. The van der Waals surface area contributed by atoms with Gasteiger partial charge in [-0.2, -0.15) is 0 Å². The zero-order chi connectivity index (χ0) is 13.8. The molecule has 0 aromatic carbocycles. The molecule has 1 aliphatic heterocycles. The van der Waals surface area contributed by atoms with Crippen LogP contribution in [0.1, 0.15) is 30.7 Å². The van der Waals surface area contributed by atoms with Crippen molar-refractivity contribution in [2.75, 3.05) is 27.2 Å². The van der Waals surface area contributed by atoms with E-state index in [2.05, 4.69) is 28.9 Å². The number of hydrogen-bond acceptors (Lipinski definition) is 4. The topological polar surface area (TPSA) is 39.6 Å². The van der Waals surface area contributed by atoms with Crippen molar-refractivity contribution < 1.29 is 5.11 Å². The molecule has 0 aliphatic carbocycles. The van der Waals surface area contributed by atoms with Crippen LogP contribution in [0.25, 0.3) is 0 Å². The van der Waals surface area contributed by atoms with Crippen LogP contribution >= 0.6 is 0 Å². The molecule has 0 amide bonds. The van der Waals surface area contributed by atoms with Gasteiger partial charge in [0.1, 0.15) is 5.75 Å². The summed E-state index contributed by atoms with van der Waals surface area (Å²) in [5, 5.41) is 9.84. The Balaban J connectivity index is 1.93. The first kappa shape index (κ1) is 14.3. The van der Waals surface area contributed by atoms with E-state index in [1.165, 1.54) is 25.8 Å². The summed E-state index contributed by atoms with van der Waals surface area (Å²) in [6, 6.07) is 4.21. The zero-order valence-electron chi connectivity index (χ0n) is 12.3. The number of aryl methyl sites for hydroxylation is 1. The third kappa shape index (κ3) is 3.91. The Kier molecular flexibility index (Phi) is 4.77. The highest BCUT2D eigenvalue weighted by Crippen LogP contribution is 2.19. The van der Waals surface area contributed by atoms with Crippen LogP contribution in [0.15, 0.2) is 12.1 Å². The van der Waals surface area contributed by atoms with Crippen LogP contribution in [0.2, 0.25) is 0 Å². The Bertz CT molecular complexity index is 422. The molecule has 1 atom stereocenters. The number of aromatic hydroxyl groups is 1. The standard InChI is InChI=1S/C15H25N3O/c1-12-7-8-15(19)14(16-12)11-17(2)10-13-6-4-5-9-18(13)3/h7-8,13,19H,4-6,9-11H2,1-3H3/t13-/m0/s1. The van der Waals surface area contributed by atoms with Crippen molar-refractivity contribution in [1.29, 1.82) is 0 Å². The molecule has 0 spiro atoms. The summed E-state index contributed by atoms with van der Waals surface area (Å²) in [6.45, 7) is 4.90. The molecule has 4 heteroatoms. The van der Waals surface area contributed by atoms with Gasteiger partial charge in [0.25, 0.3) is 0 Å². The lowest BCUT2D eigenvalue weighted by atomic mass is 10.0. The maximum atomic E-state index is 9.84. The van der Waals surface area contributed by atoms with Crippen LogP contribution in [0.5, 0.6) is 5.75 Å². The molecule has 19 heavy (non-hydrogen) atoms. The predicted molar refractivity (Wildman–Crippen MR) is 77.2 cm³/mol. The van der Waals surface area contributed by atoms with E-state index in [-0.39, 0.29) is 0 Å². The molecule has 1 saturated heterocycles. The fraction of sp³-hybridized carbons (Fsp3) is 0.667. The van der Waals surface area contributed by atoms with E-state index >= 15 is 0 Å². The van der Waals surface area contributed by atoms with E-state index in [0.717, 1.165) is 17.9 Å². The summed E-state index contributed by atoms with van der Waals surface area (Å²) in [7, 11) is 4.31. The monoisotopic (exact) mass is 263 g/mol. The van der Waals surface area contributed by atoms with E-state index in [9.17, 15) is 5.11 Å². The largest absolute Gasteiger partial charge is 0.506 e. The van der Waals surface area contributed by atoms with Gasteiger partial charge in [-0.3, -0.25) is 9.88 Å². The molecule has 1 aliphatic rings. The third-order valence-electron chi connectivity index (χ3n) is 3.95. The minimum Gasteiger partial charge on any atom is -0.506 e. The quantitative estimate of drug-likeness (QED) is 0.902. The van der Waals surface area contributed by atoms with Gasteiger partial charge in [-0.1, -0.05) is 6.42 Å². The number of aromatic nitrogens is 1. The zero-order valence-corrected chi connectivity index (χ0v) is 12.3. The van der Waals surface area contributed by atoms with Crippen LogP contribution in [0, 0.1) is 6.92 Å². The normalized spacial score (nSPS) is 20.9. The molecule has 106 valence electrons. The van der Waals surface area contributed by atoms with Gasteiger partial charge in [0.2, 0.25) is 0 Å². The SMILES string of the molecule is Cc1ccc(O)c(CN(C)C[C@@H]2CCCCN2C)n1. The summed E-state index contributed by atoms with van der Waals surface area (Å²) in [5.41, 5.74) is 1.73. The average molecular weight is 263 g/mol. The molecule has 2 rings (SSSR count). The molecule has 2 heterocycles. The van der Waals surface area contributed by atoms with Gasteiger partial charge >= 0.3 is 0 Å². The first-order chi connectivity index (χ1) is 9.06. The summed E-state index contributed by atoms with van der Waals surface area (Å²) in [5.74, 6) is 0.300. The molecule has 1 fully saturated rings. The highest BCUT2D eigenvalue weighted by Gasteiger charge is 2.20. The van der Waals surface area contributed by atoms with Crippen molar-refractivity contribution in [1.82, 2.24) is 14.8 Å².